The fourth-order valence-corrected chi connectivity index (χ4v) is 3.72. The first-order chi connectivity index (χ1) is 14.8. The fourth-order valence-electron chi connectivity index (χ4n) is 3.72. The van der Waals surface area contributed by atoms with Crippen LogP contribution in [0.3, 0.4) is 0 Å². The third kappa shape index (κ3) is 4.48. The summed E-state index contributed by atoms with van der Waals surface area (Å²) in [5.41, 5.74) is -0.596. The Morgan fingerprint density at radius 2 is 2.06 bits per heavy atom. The molecular weight excluding hydrogens is 415 g/mol. The van der Waals surface area contributed by atoms with Crippen molar-refractivity contribution in [3.8, 4) is 5.75 Å². The van der Waals surface area contributed by atoms with Crippen molar-refractivity contribution in [2.75, 3.05) is 26.6 Å². The molecule has 1 atom stereocenters. The second-order valence-corrected chi connectivity index (χ2v) is 7.97. The number of rotatable bonds is 6. The van der Waals surface area contributed by atoms with Crippen LogP contribution >= 0.6 is 0 Å². The van der Waals surface area contributed by atoms with Crippen LogP contribution in [0.4, 0.5) is 18.0 Å². The summed E-state index contributed by atoms with van der Waals surface area (Å²) < 4.78 is 57.5. The van der Waals surface area contributed by atoms with E-state index >= 15 is 0 Å². The number of benzene rings is 1. The van der Waals surface area contributed by atoms with Crippen molar-refractivity contribution in [2.45, 2.75) is 44.4 Å². The third-order valence-corrected chi connectivity index (χ3v) is 5.68. The van der Waals surface area contributed by atoms with Gasteiger partial charge in [0.2, 0.25) is 0 Å². The lowest BCUT2D eigenvalue weighted by atomic mass is 10.2. The highest BCUT2D eigenvalue weighted by atomic mass is 19.1. The molecule has 0 spiro atoms. The second kappa shape index (κ2) is 8.41. The molecule has 1 aliphatic carbocycles. The smallest absolute Gasteiger partial charge is 0.352 e. The maximum atomic E-state index is 14.4. The average molecular weight is 439 g/mol. The maximum absolute atomic E-state index is 14.4. The summed E-state index contributed by atoms with van der Waals surface area (Å²) in [6.45, 7) is 5.92. The minimum atomic E-state index is -0.884. The van der Waals surface area contributed by atoms with Gasteiger partial charge in [-0.1, -0.05) is 6.58 Å². The predicted molar refractivity (Wildman–Crippen MR) is 105 cm³/mol. The van der Waals surface area contributed by atoms with Crippen molar-refractivity contribution >= 4 is 11.9 Å². The summed E-state index contributed by atoms with van der Waals surface area (Å²) in [6.07, 6.45) is 1.24. The van der Waals surface area contributed by atoms with Gasteiger partial charge >= 0.3 is 6.03 Å². The lowest BCUT2D eigenvalue weighted by molar-refractivity contribution is 0.142. The summed E-state index contributed by atoms with van der Waals surface area (Å²) >= 11 is 0. The Kier molecular flexibility index (Phi) is 5.83. The van der Waals surface area contributed by atoms with Gasteiger partial charge in [0.05, 0.1) is 25.9 Å². The average Bonchev–Trinajstić information content (AvgIpc) is 3.17. The zero-order chi connectivity index (χ0) is 22.2. The van der Waals surface area contributed by atoms with E-state index < -0.39 is 35.7 Å². The monoisotopic (exact) mass is 439 g/mol. The van der Waals surface area contributed by atoms with Gasteiger partial charge in [0, 0.05) is 13.3 Å². The molecule has 0 bridgehead atoms. The Balaban J connectivity index is 1.35. The van der Waals surface area contributed by atoms with E-state index in [-0.39, 0.29) is 30.5 Å². The van der Waals surface area contributed by atoms with Gasteiger partial charge in [-0.2, -0.15) is 4.99 Å². The van der Waals surface area contributed by atoms with Gasteiger partial charge < -0.3 is 19.1 Å². The van der Waals surface area contributed by atoms with E-state index in [0.29, 0.717) is 38.5 Å². The van der Waals surface area contributed by atoms with E-state index in [9.17, 15) is 18.0 Å². The Hall–Kier alpha value is -2.75. The molecule has 0 aromatic heterocycles. The van der Waals surface area contributed by atoms with Gasteiger partial charge in [-0.05, 0) is 30.5 Å². The SMILES string of the molecule is C=C1N(C(=O)/N=C(\C)OCc2cc(F)c(OC3(CCF)CC3)c(F)c2)C[C@H]2COCN12. The predicted octanol–water partition coefficient (Wildman–Crippen LogP) is 3.74. The summed E-state index contributed by atoms with van der Waals surface area (Å²) in [5, 5.41) is 0. The first-order valence-electron chi connectivity index (χ1n) is 10.1. The Morgan fingerprint density at radius 3 is 2.68 bits per heavy atom. The number of alkyl halides is 1. The van der Waals surface area contributed by atoms with Crippen molar-refractivity contribution < 1.29 is 32.2 Å². The minimum absolute atomic E-state index is 0.0575. The van der Waals surface area contributed by atoms with Gasteiger partial charge in [-0.25, -0.2) is 13.6 Å². The minimum Gasteiger partial charge on any atom is -0.481 e. The van der Waals surface area contributed by atoms with Crippen LogP contribution in [-0.4, -0.2) is 59.9 Å². The van der Waals surface area contributed by atoms with Gasteiger partial charge in [0.1, 0.15) is 24.8 Å². The molecule has 2 amide bonds. The Morgan fingerprint density at radius 1 is 1.35 bits per heavy atom. The molecular formula is C21H24F3N3O4. The molecule has 1 aromatic carbocycles. The molecule has 2 heterocycles. The molecule has 1 saturated carbocycles. The van der Waals surface area contributed by atoms with Crippen LogP contribution in [-0.2, 0) is 16.1 Å². The number of amides is 2. The first kappa shape index (κ1) is 21.5. The van der Waals surface area contributed by atoms with Crippen molar-refractivity contribution in [3.05, 3.63) is 41.7 Å². The van der Waals surface area contributed by atoms with Crippen LogP contribution in [0.25, 0.3) is 0 Å². The number of halogens is 3. The molecule has 0 radical (unpaired) electrons. The highest BCUT2D eigenvalue weighted by molar-refractivity contribution is 5.90. The van der Waals surface area contributed by atoms with Crippen molar-refractivity contribution in [1.29, 1.82) is 0 Å². The molecule has 7 nitrogen and oxygen atoms in total. The van der Waals surface area contributed by atoms with Crippen LogP contribution < -0.4 is 4.74 Å². The number of hydrogen-bond donors (Lipinski definition) is 0. The first-order valence-corrected chi connectivity index (χ1v) is 10.1. The van der Waals surface area contributed by atoms with Crippen molar-refractivity contribution in [2.24, 2.45) is 4.99 Å². The summed E-state index contributed by atoms with van der Waals surface area (Å²) in [4.78, 5) is 19.6. The fraction of sp³-hybridized carbons (Fsp3) is 0.524. The highest BCUT2D eigenvalue weighted by Crippen LogP contribution is 2.44. The van der Waals surface area contributed by atoms with Gasteiger partial charge in [-0.15, -0.1) is 0 Å². The number of carbonyl (C=O) groups is 1. The van der Waals surface area contributed by atoms with Crippen molar-refractivity contribution in [1.82, 2.24) is 9.80 Å². The number of urea groups is 1. The van der Waals surface area contributed by atoms with E-state index in [4.69, 9.17) is 14.2 Å². The molecule has 31 heavy (non-hydrogen) atoms. The molecule has 10 heteroatoms. The van der Waals surface area contributed by atoms with Gasteiger partial charge in [-0.3, -0.25) is 9.29 Å². The summed E-state index contributed by atoms with van der Waals surface area (Å²) in [6, 6.07) is 1.73. The number of carbonyl (C=O) groups excluding carboxylic acids is 1. The molecule has 4 rings (SSSR count). The molecule has 0 unspecified atom stereocenters. The lowest BCUT2D eigenvalue weighted by Crippen LogP contribution is -2.28. The van der Waals surface area contributed by atoms with E-state index in [2.05, 4.69) is 11.6 Å². The second-order valence-electron chi connectivity index (χ2n) is 7.97. The van der Waals surface area contributed by atoms with E-state index in [1.165, 1.54) is 11.8 Å². The van der Waals surface area contributed by atoms with E-state index in [0.717, 1.165) is 12.1 Å². The van der Waals surface area contributed by atoms with Gasteiger partial charge in [0.25, 0.3) is 0 Å². The standard InChI is InChI=1S/C21H24F3N3O4/c1-13(25-20(28)26-9-16-11-29-12-27(16)14(26)2)30-10-15-7-17(23)19(18(24)8-15)31-21(3-4-21)5-6-22/h7-8,16H,2-6,9-12H2,1H3/b25-13+/t16-/m0/s1. The highest BCUT2D eigenvalue weighted by Gasteiger charge is 2.46. The number of ether oxygens (including phenoxy) is 3. The van der Waals surface area contributed by atoms with Crippen molar-refractivity contribution in [3.63, 3.8) is 0 Å². The number of hydrogen-bond acceptors (Lipinski definition) is 5. The lowest BCUT2D eigenvalue weighted by Gasteiger charge is -2.19. The maximum Gasteiger partial charge on any atom is 0.352 e. The number of aliphatic imine (C=N–C) groups is 1. The molecule has 3 aliphatic rings. The van der Waals surface area contributed by atoms with E-state index in [1.807, 2.05) is 4.90 Å². The number of fused-ring (bicyclic) bond motifs is 1. The van der Waals surface area contributed by atoms with Crippen LogP contribution in [0.5, 0.6) is 5.75 Å². The van der Waals surface area contributed by atoms with Gasteiger partial charge in [0.15, 0.2) is 23.3 Å². The summed E-state index contributed by atoms with van der Waals surface area (Å²) in [7, 11) is 0. The van der Waals surface area contributed by atoms with E-state index in [1.54, 1.807) is 0 Å². The summed E-state index contributed by atoms with van der Waals surface area (Å²) in [5.74, 6) is -1.70. The molecule has 2 saturated heterocycles. The normalized spacial score (nSPS) is 22.0. The molecule has 168 valence electrons. The topological polar surface area (TPSA) is 63.6 Å². The Labute approximate surface area is 178 Å². The van der Waals surface area contributed by atoms with Crippen LogP contribution in [0.15, 0.2) is 29.5 Å². The molecule has 0 N–H and O–H groups in total. The van der Waals surface area contributed by atoms with Crippen LogP contribution in [0.1, 0.15) is 31.7 Å². The quantitative estimate of drug-likeness (QED) is 0.499. The molecule has 2 aliphatic heterocycles. The molecule has 1 aromatic rings. The zero-order valence-electron chi connectivity index (χ0n) is 17.2. The largest absolute Gasteiger partial charge is 0.481 e. The molecule has 3 fully saturated rings. The number of nitrogens with zero attached hydrogens (tertiary/aromatic N) is 3. The zero-order valence-corrected chi connectivity index (χ0v) is 17.2. The third-order valence-electron chi connectivity index (χ3n) is 5.68. The Bertz CT molecular complexity index is 896. The van der Waals surface area contributed by atoms with Crippen LogP contribution in [0.2, 0.25) is 0 Å². The van der Waals surface area contributed by atoms with Crippen LogP contribution in [0, 0.1) is 11.6 Å².